The molecule has 0 fully saturated rings. The standard InChI is InChI=1S/C20H16FN3O4S/c1-11-17(19(26)23-14-6-7-15-16(10-14)28-9-8-27-15)29-20(22-11)24-18(25)12-2-4-13(21)5-3-12/h2-7,10H,8-9H2,1H3,(H,23,26)(H,22,24,25). The highest BCUT2D eigenvalue weighted by atomic mass is 32.1. The van der Waals surface area contributed by atoms with Gasteiger partial charge in [-0.05, 0) is 43.3 Å². The minimum Gasteiger partial charge on any atom is -0.486 e. The van der Waals surface area contributed by atoms with Gasteiger partial charge in [-0.25, -0.2) is 9.37 Å². The number of aromatic nitrogens is 1. The molecule has 1 aliphatic heterocycles. The molecule has 0 saturated heterocycles. The van der Waals surface area contributed by atoms with Crippen LogP contribution in [0.25, 0.3) is 0 Å². The minimum absolute atomic E-state index is 0.282. The number of thiazole rings is 1. The summed E-state index contributed by atoms with van der Waals surface area (Å²) in [7, 11) is 0. The fourth-order valence-corrected chi connectivity index (χ4v) is 3.60. The zero-order chi connectivity index (χ0) is 20.4. The summed E-state index contributed by atoms with van der Waals surface area (Å²) in [4.78, 5) is 29.5. The van der Waals surface area contributed by atoms with Gasteiger partial charge in [0.05, 0.1) is 5.69 Å². The molecule has 7 nitrogen and oxygen atoms in total. The Kier molecular flexibility index (Phi) is 5.13. The van der Waals surface area contributed by atoms with E-state index in [1.54, 1.807) is 25.1 Å². The van der Waals surface area contributed by atoms with E-state index in [0.717, 1.165) is 11.3 Å². The van der Waals surface area contributed by atoms with Crippen LogP contribution in [0, 0.1) is 12.7 Å². The molecule has 0 bridgehead atoms. The van der Waals surface area contributed by atoms with Crippen LogP contribution in [-0.4, -0.2) is 30.0 Å². The van der Waals surface area contributed by atoms with Crippen LogP contribution in [0.2, 0.25) is 0 Å². The number of aryl methyl sites for hydroxylation is 1. The molecular weight excluding hydrogens is 397 g/mol. The number of ether oxygens (including phenoxy) is 2. The number of nitrogens with one attached hydrogen (secondary N) is 2. The van der Waals surface area contributed by atoms with Crippen LogP contribution < -0.4 is 20.1 Å². The maximum atomic E-state index is 13.0. The molecule has 0 spiro atoms. The van der Waals surface area contributed by atoms with E-state index in [9.17, 15) is 14.0 Å². The van der Waals surface area contributed by atoms with Gasteiger partial charge in [0.15, 0.2) is 16.6 Å². The van der Waals surface area contributed by atoms with Crippen molar-refractivity contribution in [2.45, 2.75) is 6.92 Å². The van der Waals surface area contributed by atoms with E-state index in [1.807, 2.05) is 0 Å². The Morgan fingerprint density at radius 1 is 1.00 bits per heavy atom. The van der Waals surface area contributed by atoms with Crippen LogP contribution in [0.4, 0.5) is 15.2 Å². The summed E-state index contributed by atoms with van der Waals surface area (Å²) in [6, 6.07) is 10.3. The van der Waals surface area contributed by atoms with Gasteiger partial charge in [0.25, 0.3) is 11.8 Å². The van der Waals surface area contributed by atoms with Crippen molar-refractivity contribution in [3.05, 3.63) is 64.4 Å². The topological polar surface area (TPSA) is 89.6 Å². The van der Waals surface area contributed by atoms with Crippen LogP contribution >= 0.6 is 11.3 Å². The fourth-order valence-electron chi connectivity index (χ4n) is 2.74. The summed E-state index contributed by atoms with van der Waals surface area (Å²) in [5, 5.41) is 5.70. The van der Waals surface area contributed by atoms with Crippen LogP contribution in [0.3, 0.4) is 0 Å². The summed E-state index contributed by atoms with van der Waals surface area (Å²) in [6.45, 7) is 2.63. The number of carbonyl (C=O) groups excluding carboxylic acids is 2. The quantitative estimate of drug-likeness (QED) is 0.678. The molecule has 1 aliphatic rings. The average Bonchev–Trinajstić information content (AvgIpc) is 3.08. The third-order valence-corrected chi connectivity index (χ3v) is 5.20. The van der Waals surface area contributed by atoms with Gasteiger partial charge in [-0.3, -0.25) is 14.9 Å². The van der Waals surface area contributed by atoms with Crippen molar-refractivity contribution in [1.29, 1.82) is 0 Å². The number of hydrogen-bond donors (Lipinski definition) is 2. The molecular formula is C20H16FN3O4S. The monoisotopic (exact) mass is 413 g/mol. The van der Waals surface area contributed by atoms with E-state index in [2.05, 4.69) is 15.6 Å². The summed E-state index contributed by atoms with van der Waals surface area (Å²) in [5.41, 5.74) is 1.34. The number of nitrogens with zero attached hydrogens (tertiary/aromatic N) is 1. The first-order chi connectivity index (χ1) is 14.0. The Balaban J connectivity index is 1.46. The van der Waals surface area contributed by atoms with Crippen LogP contribution in [0.15, 0.2) is 42.5 Å². The summed E-state index contributed by atoms with van der Waals surface area (Å²) < 4.78 is 24.0. The normalized spacial score (nSPS) is 12.3. The predicted molar refractivity (Wildman–Crippen MR) is 107 cm³/mol. The third-order valence-electron chi connectivity index (χ3n) is 4.13. The van der Waals surface area contributed by atoms with Crippen molar-refractivity contribution < 1.29 is 23.5 Å². The highest BCUT2D eigenvalue weighted by Gasteiger charge is 2.19. The van der Waals surface area contributed by atoms with Crippen molar-refractivity contribution in [2.24, 2.45) is 0 Å². The maximum Gasteiger partial charge on any atom is 0.267 e. The van der Waals surface area contributed by atoms with Gasteiger partial charge in [0.1, 0.15) is 23.9 Å². The molecule has 4 rings (SSSR count). The third kappa shape index (κ3) is 4.19. The maximum absolute atomic E-state index is 13.0. The Morgan fingerprint density at radius 2 is 1.72 bits per heavy atom. The highest BCUT2D eigenvalue weighted by Crippen LogP contribution is 2.33. The van der Waals surface area contributed by atoms with Gasteiger partial charge in [-0.2, -0.15) is 0 Å². The van der Waals surface area contributed by atoms with Gasteiger partial charge < -0.3 is 14.8 Å². The van der Waals surface area contributed by atoms with Crippen LogP contribution in [0.1, 0.15) is 25.7 Å². The van der Waals surface area contributed by atoms with Gasteiger partial charge in [-0.1, -0.05) is 11.3 Å². The predicted octanol–water partition coefficient (Wildman–Crippen LogP) is 3.87. The number of benzene rings is 2. The number of anilines is 2. The molecule has 2 amide bonds. The molecule has 29 heavy (non-hydrogen) atoms. The second-order valence-corrected chi connectivity index (χ2v) is 7.21. The van der Waals surface area contributed by atoms with Gasteiger partial charge in [0, 0.05) is 17.3 Å². The van der Waals surface area contributed by atoms with E-state index < -0.39 is 11.7 Å². The smallest absolute Gasteiger partial charge is 0.267 e. The molecule has 9 heteroatoms. The van der Waals surface area contributed by atoms with Crippen molar-refractivity contribution in [2.75, 3.05) is 23.8 Å². The summed E-state index contributed by atoms with van der Waals surface area (Å²) in [6.07, 6.45) is 0. The lowest BCUT2D eigenvalue weighted by Gasteiger charge is -2.18. The lowest BCUT2D eigenvalue weighted by Crippen LogP contribution is -2.16. The number of amides is 2. The van der Waals surface area contributed by atoms with E-state index >= 15 is 0 Å². The van der Waals surface area contributed by atoms with E-state index in [-0.39, 0.29) is 11.0 Å². The van der Waals surface area contributed by atoms with Gasteiger partial charge in [0.2, 0.25) is 0 Å². The Labute approximate surface area is 169 Å². The summed E-state index contributed by atoms with van der Waals surface area (Å²) in [5.74, 6) is -0.00224. The van der Waals surface area contributed by atoms with E-state index in [4.69, 9.17) is 9.47 Å². The number of carbonyl (C=O) groups is 2. The van der Waals surface area contributed by atoms with Crippen molar-refractivity contribution >= 4 is 34.0 Å². The summed E-state index contributed by atoms with van der Waals surface area (Å²) >= 11 is 1.06. The first-order valence-corrected chi connectivity index (χ1v) is 9.56. The van der Waals surface area contributed by atoms with Gasteiger partial charge >= 0.3 is 0 Å². The molecule has 0 saturated carbocycles. The van der Waals surface area contributed by atoms with E-state index in [0.29, 0.717) is 46.5 Å². The highest BCUT2D eigenvalue weighted by molar-refractivity contribution is 7.17. The second-order valence-electron chi connectivity index (χ2n) is 6.21. The molecule has 2 heterocycles. The lowest BCUT2D eigenvalue weighted by molar-refractivity contribution is 0.102. The second kappa shape index (κ2) is 7.88. The number of rotatable bonds is 4. The lowest BCUT2D eigenvalue weighted by atomic mass is 10.2. The zero-order valence-corrected chi connectivity index (χ0v) is 16.1. The van der Waals surface area contributed by atoms with Crippen molar-refractivity contribution in [3.8, 4) is 11.5 Å². The van der Waals surface area contributed by atoms with Crippen LogP contribution in [0.5, 0.6) is 11.5 Å². The molecule has 0 atom stereocenters. The van der Waals surface area contributed by atoms with E-state index in [1.165, 1.54) is 24.3 Å². The first-order valence-electron chi connectivity index (χ1n) is 8.75. The zero-order valence-electron chi connectivity index (χ0n) is 15.3. The van der Waals surface area contributed by atoms with Crippen molar-refractivity contribution in [1.82, 2.24) is 4.98 Å². The molecule has 2 aromatic carbocycles. The number of fused-ring (bicyclic) bond motifs is 1. The Morgan fingerprint density at radius 3 is 2.48 bits per heavy atom. The van der Waals surface area contributed by atoms with Gasteiger partial charge in [-0.15, -0.1) is 0 Å². The molecule has 0 aliphatic carbocycles. The molecule has 148 valence electrons. The largest absolute Gasteiger partial charge is 0.486 e. The average molecular weight is 413 g/mol. The Bertz CT molecular complexity index is 1080. The molecule has 2 N–H and O–H groups in total. The molecule has 1 aromatic heterocycles. The van der Waals surface area contributed by atoms with Crippen molar-refractivity contribution in [3.63, 3.8) is 0 Å². The minimum atomic E-state index is -0.433. The molecule has 0 radical (unpaired) electrons. The fraction of sp³-hybridized carbons (Fsp3) is 0.150. The molecule has 3 aromatic rings. The molecule has 0 unspecified atom stereocenters. The Hall–Kier alpha value is -3.46. The van der Waals surface area contributed by atoms with Crippen LogP contribution in [-0.2, 0) is 0 Å². The first kappa shape index (κ1) is 18.9. The number of halogens is 1. The number of hydrogen-bond acceptors (Lipinski definition) is 6. The SMILES string of the molecule is Cc1nc(NC(=O)c2ccc(F)cc2)sc1C(=O)Nc1ccc2c(c1)OCCO2.